The molecule has 0 heterocycles. The quantitative estimate of drug-likeness (QED) is 0.831. The third-order valence-corrected chi connectivity index (χ3v) is 3.74. The molecular formula is C17H17BrFNO2. The summed E-state index contributed by atoms with van der Waals surface area (Å²) in [5, 5.41) is 2.89. The molecule has 2 aromatic rings. The van der Waals surface area contributed by atoms with Crippen LogP contribution in [0.2, 0.25) is 0 Å². The first-order valence-corrected chi connectivity index (χ1v) is 7.81. The van der Waals surface area contributed by atoms with E-state index in [-0.39, 0.29) is 24.3 Å². The van der Waals surface area contributed by atoms with Gasteiger partial charge in [0.25, 0.3) is 5.91 Å². The highest BCUT2D eigenvalue weighted by atomic mass is 79.9. The van der Waals surface area contributed by atoms with Crippen LogP contribution in [0.4, 0.5) is 4.39 Å². The molecule has 1 N–H and O–H groups in total. The Balaban J connectivity index is 1.92. The Morgan fingerprint density at radius 1 is 1.23 bits per heavy atom. The molecule has 116 valence electrons. The molecule has 1 unspecified atom stereocenters. The number of ether oxygens (including phenoxy) is 1. The van der Waals surface area contributed by atoms with Gasteiger partial charge in [-0.3, -0.25) is 4.79 Å². The van der Waals surface area contributed by atoms with Gasteiger partial charge in [0.15, 0.2) is 18.2 Å². The summed E-state index contributed by atoms with van der Waals surface area (Å²) in [5.74, 6) is -0.678. The van der Waals surface area contributed by atoms with E-state index in [1.54, 1.807) is 12.1 Å². The zero-order valence-corrected chi connectivity index (χ0v) is 13.8. The lowest BCUT2D eigenvalue weighted by Crippen LogP contribution is -2.32. The van der Waals surface area contributed by atoms with Crippen molar-refractivity contribution in [1.82, 2.24) is 5.32 Å². The second-order valence-corrected chi connectivity index (χ2v) is 5.71. The van der Waals surface area contributed by atoms with Crippen LogP contribution in [-0.2, 0) is 4.79 Å². The Bertz CT molecular complexity index is 631. The molecule has 0 bridgehead atoms. The fourth-order valence-electron chi connectivity index (χ4n) is 2.06. The van der Waals surface area contributed by atoms with Crippen LogP contribution in [0.3, 0.4) is 0 Å². The molecule has 0 aliphatic carbocycles. The second kappa shape index (κ2) is 7.94. The van der Waals surface area contributed by atoms with E-state index in [0.29, 0.717) is 0 Å². The van der Waals surface area contributed by atoms with E-state index >= 15 is 0 Å². The second-order valence-electron chi connectivity index (χ2n) is 4.80. The molecule has 22 heavy (non-hydrogen) atoms. The lowest BCUT2D eigenvalue weighted by Gasteiger charge is -2.18. The van der Waals surface area contributed by atoms with Crippen molar-refractivity contribution >= 4 is 21.8 Å². The van der Waals surface area contributed by atoms with Crippen molar-refractivity contribution in [3.63, 3.8) is 0 Å². The summed E-state index contributed by atoms with van der Waals surface area (Å²) in [6, 6.07) is 13.7. The number of para-hydroxylation sites is 1. The van der Waals surface area contributed by atoms with Crippen LogP contribution < -0.4 is 10.1 Å². The highest BCUT2D eigenvalue weighted by Crippen LogP contribution is 2.20. The predicted octanol–water partition coefficient (Wildman–Crippen LogP) is 4.23. The van der Waals surface area contributed by atoms with Crippen LogP contribution in [0.5, 0.6) is 5.75 Å². The normalized spacial score (nSPS) is 11.8. The number of halogens is 2. The average Bonchev–Trinajstić information content (AvgIpc) is 2.53. The van der Waals surface area contributed by atoms with E-state index in [1.807, 2.05) is 31.2 Å². The summed E-state index contributed by atoms with van der Waals surface area (Å²) in [7, 11) is 0. The van der Waals surface area contributed by atoms with Gasteiger partial charge in [-0.1, -0.05) is 47.1 Å². The minimum absolute atomic E-state index is 0.0781. The molecule has 2 rings (SSSR count). The van der Waals surface area contributed by atoms with Crippen molar-refractivity contribution in [2.45, 2.75) is 19.4 Å². The zero-order chi connectivity index (χ0) is 15.9. The lowest BCUT2D eigenvalue weighted by molar-refractivity contribution is -0.123. The minimum atomic E-state index is -0.477. The molecule has 0 aliphatic rings. The molecule has 1 atom stereocenters. The monoisotopic (exact) mass is 365 g/mol. The van der Waals surface area contributed by atoms with E-state index in [1.165, 1.54) is 12.1 Å². The molecule has 0 aromatic heterocycles. The summed E-state index contributed by atoms with van der Waals surface area (Å²) in [6.07, 6.45) is 0.757. The number of rotatable bonds is 6. The fourth-order valence-corrected chi connectivity index (χ4v) is 2.32. The molecule has 0 radical (unpaired) electrons. The van der Waals surface area contributed by atoms with E-state index in [2.05, 4.69) is 21.2 Å². The smallest absolute Gasteiger partial charge is 0.258 e. The van der Waals surface area contributed by atoms with Crippen LogP contribution in [0.25, 0.3) is 0 Å². The molecule has 0 saturated carbocycles. The maximum atomic E-state index is 13.4. The molecule has 0 aliphatic heterocycles. The number of carbonyl (C=O) groups excluding carboxylic acids is 1. The largest absolute Gasteiger partial charge is 0.481 e. The summed E-state index contributed by atoms with van der Waals surface area (Å²) in [5.41, 5.74) is 1.02. The SMILES string of the molecule is CCC(NC(=O)COc1ccccc1F)c1ccc(Br)cc1. The Morgan fingerprint density at radius 3 is 2.55 bits per heavy atom. The van der Waals surface area contributed by atoms with Gasteiger partial charge in [0, 0.05) is 4.47 Å². The van der Waals surface area contributed by atoms with E-state index in [0.717, 1.165) is 16.5 Å². The molecule has 2 aromatic carbocycles. The minimum Gasteiger partial charge on any atom is -0.481 e. The van der Waals surface area contributed by atoms with Crippen LogP contribution in [0.15, 0.2) is 53.0 Å². The van der Waals surface area contributed by atoms with Crippen molar-refractivity contribution in [1.29, 1.82) is 0 Å². The fraction of sp³-hybridized carbons (Fsp3) is 0.235. The van der Waals surface area contributed by atoms with Gasteiger partial charge < -0.3 is 10.1 Å². The van der Waals surface area contributed by atoms with Crippen LogP contribution in [-0.4, -0.2) is 12.5 Å². The molecule has 0 spiro atoms. The molecular weight excluding hydrogens is 349 g/mol. The number of hydrogen-bond acceptors (Lipinski definition) is 2. The first-order valence-electron chi connectivity index (χ1n) is 7.02. The third kappa shape index (κ3) is 4.56. The van der Waals surface area contributed by atoms with Gasteiger partial charge in [0.2, 0.25) is 0 Å². The number of benzene rings is 2. The number of hydrogen-bond donors (Lipinski definition) is 1. The number of carbonyl (C=O) groups is 1. The Hall–Kier alpha value is -1.88. The highest BCUT2D eigenvalue weighted by Gasteiger charge is 2.13. The van der Waals surface area contributed by atoms with Crippen molar-refractivity contribution in [3.8, 4) is 5.75 Å². The van der Waals surface area contributed by atoms with Gasteiger partial charge in [-0.15, -0.1) is 0 Å². The van der Waals surface area contributed by atoms with Crippen LogP contribution in [0, 0.1) is 5.82 Å². The molecule has 0 saturated heterocycles. The van der Waals surface area contributed by atoms with Gasteiger partial charge in [-0.25, -0.2) is 4.39 Å². The zero-order valence-electron chi connectivity index (χ0n) is 12.2. The highest BCUT2D eigenvalue weighted by molar-refractivity contribution is 9.10. The van der Waals surface area contributed by atoms with Crippen LogP contribution >= 0.6 is 15.9 Å². The lowest BCUT2D eigenvalue weighted by atomic mass is 10.0. The summed E-state index contributed by atoms with van der Waals surface area (Å²) >= 11 is 3.38. The molecule has 3 nitrogen and oxygen atoms in total. The van der Waals surface area contributed by atoms with Gasteiger partial charge >= 0.3 is 0 Å². The maximum Gasteiger partial charge on any atom is 0.258 e. The molecule has 0 fully saturated rings. The third-order valence-electron chi connectivity index (χ3n) is 3.21. The van der Waals surface area contributed by atoms with E-state index < -0.39 is 5.82 Å². The summed E-state index contributed by atoms with van der Waals surface area (Å²) < 4.78 is 19.6. The standard InChI is InChI=1S/C17H17BrFNO2/c1-2-15(12-7-9-13(18)10-8-12)20-17(21)11-22-16-6-4-3-5-14(16)19/h3-10,15H,2,11H2,1H3,(H,20,21). The summed E-state index contributed by atoms with van der Waals surface area (Å²) in [6.45, 7) is 1.78. The number of amides is 1. The molecule has 5 heteroatoms. The Kier molecular flexibility index (Phi) is 5.95. The van der Waals surface area contributed by atoms with Gasteiger partial charge in [0.05, 0.1) is 6.04 Å². The van der Waals surface area contributed by atoms with Gasteiger partial charge in [-0.2, -0.15) is 0 Å². The van der Waals surface area contributed by atoms with Gasteiger partial charge in [0.1, 0.15) is 0 Å². The average molecular weight is 366 g/mol. The number of nitrogens with one attached hydrogen (secondary N) is 1. The van der Waals surface area contributed by atoms with Crippen LogP contribution in [0.1, 0.15) is 24.9 Å². The Labute approximate surface area is 137 Å². The topological polar surface area (TPSA) is 38.3 Å². The van der Waals surface area contributed by atoms with Crippen molar-refractivity contribution in [2.24, 2.45) is 0 Å². The first-order chi connectivity index (χ1) is 10.6. The van der Waals surface area contributed by atoms with Crippen molar-refractivity contribution in [2.75, 3.05) is 6.61 Å². The Morgan fingerprint density at radius 2 is 1.91 bits per heavy atom. The predicted molar refractivity (Wildman–Crippen MR) is 87.2 cm³/mol. The van der Waals surface area contributed by atoms with Gasteiger partial charge in [-0.05, 0) is 36.2 Å². The summed E-state index contributed by atoms with van der Waals surface area (Å²) in [4.78, 5) is 12.0. The molecule has 1 amide bonds. The van der Waals surface area contributed by atoms with E-state index in [4.69, 9.17) is 4.74 Å². The maximum absolute atomic E-state index is 13.4. The van der Waals surface area contributed by atoms with E-state index in [9.17, 15) is 9.18 Å². The van der Waals surface area contributed by atoms with Crippen molar-refractivity contribution < 1.29 is 13.9 Å². The first kappa shape index (κ1) is 16.5. The van der Waals surface area contributed by atoms with Crippen molar-refractivity contribution in [3.05, 3.63) is 64.4 Å².